The van der Waals surface area contributed by atoms with Gasteiger partial charge in [0.15, 0.2) is 5.82 Å². The van der Waals surface area contributed by atoms with Crippen molar-refractivity contribution in [1.29, 1.82) is 0 Å². The Kier molecular flexibility index (Phi) is 3.71. The molecule has 0 amide bonds. The van der Waals surface area contributed by atoms with E-state index in [1.165, 1.54) is 0 Å². The second kappa shape index (κ2) is 5.66. The zero-order valence-corrected chi connectivity index (χ0v) is 12.4. The molecular weight excluding hydrogens is 262 g/mol. The van der Waals surface area contributed by atoms with Crippen molar-refractivity contribution >= 4 is 10.9 Å². The number of nitrogens with zero attached hydrogens (tertiary/aromatic N) is 3. The van der Waals surface area contributed by atoms with Gasteiger partial charge in [0.25, 0.3) is 0 Å². The molecule has 4 heteroatoms. The van der Waals surface area contributed by atoms with E-state index < -0.39 is 0 Å². The summed E-state index contributed by atoms with van der Waals surface area (Å²) in [5, 5.41) is 15.2. The smallest absolute Gasteiger partial charge is 0.154 e. The minimum atomic E-state index is -0.000600. The second-order valence-electron chi connectivity index (χ2n) is 5.06. The summed E-state index contributed by atoms with van der Waals surface area (Å²) in [6.07, 6.45) is 1.80. The molecule has 0 spiro atoms. The average Bonchev–Trinajstić information content (AvgIpc) is 2.97. The van der Waals surface area contributed by atoms with E-state index in [9.17, 15) is 5.11 Å². The van der Waals surface area contributed by atoms with Crippen LogP contribution >= 0.6 is 0 Å². The lowest BCUT2D eigenvalue weighted by atomic mass is 10.1. The monoisotopic (exact) mass is 281 g/mol. The zero-order valence-electron chi connectivity index (χ0n) is 12.4. The van der Waals surface area contributed by atoms with Gasteiger partial charge in [0.2, 0.25) is 0 Å². The van der Waals surface area contributed by atoms with Crippen LogP contribution in [-0.2, 0) is 19.4 Å². The molecule has 3 rings (SSSR count). The van der Waals surface area contributed by atoms with Gasteiger partial charge in [0.1, 0.15) is 0 Å². The van der Waals surface area contributed by atoms with Gasteiger partial charge in [-0.05, 0) is 36.6 Å². The Bertz CT molecular complexity index is 777. The lowest BCUT2D eigenvalue weighted by Gasteiger charge is -2.09. The number of fused-ring (bicyclic) bond motifs is 1. The molecule has 0 aliphatic heterocycles. The van der Waals surface area contributed by atoms with Gasteiger partial charge in [-0.25, -0.2) is 9.67 Å². The van der Waals surface area contributed by atoms with Crippen molar-refractivity contribution in [2.45, 2.75) is 33.3 Å². The third kappa shape index (κ3) is 2.43. The molecule has 4 nitrogen and oxygen atoms in total. The van der Waals surface area contributed by atoms with Crippen molar-refractivity contribution in [3.63, 3.8) is 0 Å². The maximum Gasteiger partial charge on any atom is 0.154 e. The quantitative estimate of drug-likeness (QED) is 0.799. The Morgan fingerprint density at radius 1 is 1.10 bits per heavy atom. The molecule has 0 aliphatic rings. The number of aryl methyl sites for hydroxylation is 2. The minimum absolute atomic E-state index is 0.000600. The summed E-state index contributed by atoms with van der Waals surface area (Å²) in [5.74, 6) is 0.773. The Balaban J connectivity index is 2.23. The number of aliphatic hydroxyl groups is 1. The van der Waals surface area contributed by atoms with Crippen LogP contribution in [-0.4, -0.2) is 19.9 Å². The molecule has 0 saturated heterocycles. The van der Waals surface area contributed by atoms with Gasteiger partial charge in [0, 0.05) is 11.1 Å². The summed E-state index contributed by atoms with van der Waals surface area (Å²) >= 11 is 0. The van der Waals surface area contributed by atoms with E-state index in [0.717, 1.165) is 46.5 Å². The van der Waals surface area contributed by atoms with Gasteiger partial charge in [-0.2, -0.15) is 5.10 Å². The largest absolute Gasteiger partial charge is 0.392 e. The topological polar surface area (TPSA) is 50.9 Å². The molecule has 2 aromatic heterocycles. The van der Waals surface area contributed by atoms with Crippen LogP contribution < -0.4 is 0 Å². The Morgan fingerprint density at radius 3 is 2.62 bits per heavy atom. The Morgan fingerprint density at radius 2 is 1.90 bits per heavy atom. The van der Waals surface area contributed by atoms with Crippen molar-refractivity contribution in [3.8, 4) is 5.82 Å². The van der Waals surface area contributed by atoms with Crippen molar-refractivity contribution in [3.05, 3.63) is 53.3 Å². The lowest BCUT2D eigenvalue weighted by Crippen LogP contribution is -2.05. The van der Waals surface area contributed by atoms with E-state index in [-0.39, 0.29) is 6.61 Å². The van der Waals surface area contributed by atoms with Crippen molar-refractivity contribution in [1.82, 2.24) is 14.8 Å². The Hall–Kier alpha value is -2.20. The third-order valence-electron chi connectivity index (χ3n) is 3.73. The lowest BCUT2D eigenvalue weighted by molar-refractivity contribution is 0.283. The molecule has 21 heavy (non-hydrogen) atoms. The first-order valence-electron chi connectivity index (χ1n) is 7.34. The summed E-state index contributed by atoms with van der Waals surface area (Å²) in [7, 11) is 0. The first-order valence-corrected chi connectivity index (χ1v) is 7.34. The molecule has 2 heterocycles. The maximum atomic E-state index is 9.63. The van der Waals surface area contributed by atoms with Crippen LogP contribution in [0.25, 0.3) is 16.7 Å². The predicted molar refractivity (Wildman–Crippen MR) is 83.5 cm³/mol. The number of hydrogen-bond donors (Lipinski definition) is 1. The summed E-state index contributed by atoms with van der Waals surface area (Å²) < 4.78 is 1.89. The number of aliphatic hydroxyl groups excluding tert-OH is 1. The number of para-hydroxylation sites is 1. The van der Waals surface area contributed by atoms with Crippen LogP contribution in [0.1, 0.15) is 30.8 Å². The number of rotatable bonds is 4. The zero-order chi connectivity index (χ0) is 14.8. The predicted octanol–water partition coefficient (Wildman–Crippen LogP) is 3.04. The van der Waals surface area contributed by atoms with Crippen LogP contribution in [0.15, 0.2) is 36.4 Å². The van der Waals surface area contributed by atoms with Crippen molar-refractivity contribution in [2.75, 3.05) is 0 Å². The van der Waals surface area contributed by atoms with Gasteiger partial charge in [0.05, 0.1) is 17.8 Å². The van der Waals surface area contributed by atoms with E-state index in [0.29, 0.717) is 0 Å². The van der Waals surface area contributed by atoms with Crippen molar-refractivity contribution in [2.24, 2.45) is 0 Å². The fourth-order valence-electron chi connectivity index (χ4n) is 2.57. The molecule has 0 saturated carbocycles. The van der Waals surface area contributed by atoms with Gasteiger partial charge < -0.3 is 5.11 Å². The van der Waals surface area contributed by atoms with Crippen LogP contribution in [0, 0.1) is 0 Å². The molecule has 108 valence electrons. The molecule has 0 radical (unpaired) electrons. The van der Waals surface area contributed by atoms with Crippen LogP contribution in [0.3, 0.4) is 0 Å². The molecule has 0 fully saturated rings. The van der Waals surface area contributed by atoms with Crippen LogP contribution in [0.2, 0.25) is 0 Å². The fraction of sp³-hybridized carbons (Fsp3) is 0.294. The summed E-state index contributed by atoms with van der Waals surface area (Å²) in [6, 6.07) is 11.9. The summed E-state index contributed by atoms with van der Waals surface area (Å²) in [5.41, 5.74) is 3.96. The average molecular weight is 281 g/mol. The summed E-state index contributed by atoms with van der Waals surface area (Å²) in [4.78, 5) is 4.70. The van der Waals surface area contributed by atoms with E-state index in [4.69, 9.17) is 4.98 Å². The normalized spacial score (nSPS) is 11.2. The first-order chi connectivity index (χ1) is 10.3. The molecule has 0 atom stereocenters. The van der Waals surface area contributed by atoms with E-state index in [1.54, 1.807) is 0 Å². The molecule has 0 bridgehead atoms. The Labute approximate surface area is 124 Å². The molecular formula is C17H19N3O. The molecule has 0 unspecified atom stereocenters. The van der Waals surface area contributed by atoms with E-state index in [2.05, 4.69) is 25.0 Å². The molecule has 0 aliphatic carbocycles. The first kappa shape index (κ1) is 13.8. The van der Waals surface area contributed by atoms with Gasteiger partial charge >= 0.3 is 0 Å². The van der Waals surface area contributed by atoms with Crippen molar-refractivity contribution < 1.29 is 5.11 Å². The maximum absolute atomic E-state index is 9.63. The highest BCUT2D eigenvalue weighted by Crippen LogP contribution is 2.21. The number of aromatic nitrogens is 3. The number of hydrogen-bond acceptors (Lipinski definition) is 3. The summed E-state index contributed by atoms with van der Waals surface area (Å²) in [6.45, 7) is 4.21. The van der Waals surface area contributed by atoms with Crippen LogP contribution in [0.4, 0.5) is 0 Å². The molecule has 1 N–H and O–H groups in total. The van der Waals surface area contributed by atoms with Gasteiger partial charge in [-0.1, -0.05) is 32.0 Å². The number of benzene rings is 1. The van der Waals surface area contributed by atoms with Crippen LogP contribution in [0.5, 0.6) is 0 Å². The van der Waals surface area contributed by atoms with E-state index in [1.807, 2.05) is 35.0 Å². The standard InChI is InChI=1S/C17H19N3O/c1-3-13-10-14(4-2)20(19-13)17-9-12(11-21)15-7-5-6-8-16(15)18-17/h5-10,21H,3-4,11H2,1-2H3. The second-order valence-corrected chi connectivity index (χ2v) is 5.06. The highest BCUT2D eigenvalue weighted by Gasteiger charge is 2.11. The minimum Gasteiger partial charge on any atom is -0.392 e. The molecule has 3 aromatic rings. The number of pyridine rings is 1. The fourth-order valence-corrected chi connectivity index (χ4v) is 2.57. The van der Waals surface area contributed by atoms with Gasteiger partial charge in [-0.15, -0.1) is 0 Å². The SMILES string of the molecule is CCc1cc(CC)n(-c2cc(CO)c3ccccc3n2)n1. The van der Waals surface area contributed by atoms with E-state index >= 15 is 0 Å². The highest BCUT2D eigenvalue weighted by molar-refractivity contribution is 5.83. The molecule has 1 aromatic carbocycles. The third-order valence-corrected chi connectivity index (χ3v) is 3.73. The van der Waals surface area contributed by atoms with Gasteiger partial charge in [-0.3, -0.25) is 0 Å². The highest BCUT2D eigenvalue weighted by atomic mass is 16.3.